The molecule has 1 fully saturated rings. The molecule has 0 atom stereocenters. The van der Waals surface area contributed by atoms with E-state index in [1.807, 2.05) is 19.9 Å². The van der Waals surface area contributed by atoms with Crippen molar-refractivity contribution in [3.8, 4) is 0 Å². The van der Waals surface area contributed by atoms with Crippen molar-refractivity contribution in [3.63, 3.8) is 0 Å². The molecule has 0 bridgehead atoms. The number of anilines is 1. The highest BCUT2D eigenvalue weighted by atomic mass is 16.2. The van der Waals surface area contributed by atoms with Gasteiger partial charge < -0.3 is 9.47 Å². The van der Waals surface area contributed by atoms with Gasteiger partial charge in [-0.1, -0.05) is 31.5 Å². The van der Waals surface area contributed by atoms with Crippen molar-refractivity contribution in [3.05, 3.63) is 52.8 Å². The summed E-state index contributed by atoms with van der Waals surface area (Å²) in [7, 11) is 0. The Labute approximate surface area is 179 Å². The maximum absolute atomic E-state index is 13.0. The fraction of sp³-hybridized carbons (Fsp3) is 0.500. The van der Waals surface area contributed by atoms with Gasteiger partial charge >= 0.3 is 0 Å². The van der Waals surface area contributed by atoms with Crippen molar-refractivity contribution < 1.29 is 9.59 Å². The van der Waals surface area contributed by atoms with E-state index in [0.717, 1.165) is 63.5 Å². The summed E-state index contributed by atoms with van der Waals surface area (Å²) in [5, 5.41) is 0. The van der Waals surface area contributed by atoms with E-state index >= 15 is 0 Å². The molecule has 0 unspecified atom stereocenters. The Bertz CT molecular complexity index is 887. The molecule has 1 saturated heterocycles. The summed E-state index contributed by atoms with van der Waals surface area (Å²) in [5.41, 5.74) is 4.39. The molecule has 0 N–H and O–H groups in total. The van der Waals surface area contributed by atoms with Gasteiger partial charge in [0, 0.05) is 62.9 Å². The lowest BCUT2D eigenvalue weighted by atomic mass is 10.1. The molecule has 0 spiro atoms. The van der Waals surface area contributed by atoms with Crippen molar-refractivity contribution in [1.82, 2.24) is 14.4 Å². The average Bonchev–Trinajstić information content (AvgIpc) is 3.17. The Balaban J connectivity index is 1.36. The standard InChI is InChI=1S/C24H32N4O2/c1-4-5-11-27-18(2)21-22(19(27)3)24(30)28(23(21)29)17-14-25-12-15-26(16-13-25)20-9-7-6-8-10-20/h6-10H,4-5,11-17H2,1-3H3. The van der Waals surface area contributed by atoms with Gasteiger partial charge in [-0.3, -0.25) is 19.4 Å². The molecule has 0 aliphatic carbocycles. The zero-order valence-electron chi connectivity index (χ0n) is 18.4. The Morgan fingerprint density at radius 2 is 1.40 bits per heavy atom. The number of fused-ring (bicyclic) bond motifs is 1. The lowest BCUT2D eigenvalue weighted by Crippen LogP contribution is -2.49. The maximum atomic E-state index is 13.0. The predicted molar refractivity (Wildman–Crippen MR) is 119 cm³/mol. The summed E-state index contributed by atoms with van der Waals surface area (Å²) < 4.78 is 2.14. The van der Waals surface area contributed by atoms with E-state index in [0.29, 0.717) is 17.7 Å². The fourth-order valence-corrected chi connectivity index (χ4v) is 4.73. The van der Waals surface area contributed by atoms with Gasteiger partial charge in [0.1, 0.15) is 0 Å². The van der Waals surface area contributed by atoms with E-state index in [1.54, 1.807) is 0 Å². The van der Waals surface area contributed by atoms with Crippen molar-refractivity contribution in [2.24, 2.45) is 0 Å². The molecule has 3 heterocycles. The first-order valence-corrected chi connectivity index (χ1v) is 11.1. The number of para-hydroxylation sites is 1. The lowest BCUT2D eigenvalue weighted by molar-refractivity contribution is 0.0632. The predicted octanol–water partition coefficient (Wildman–Crippen LogP) is 3.32. The first-order chi connectivity index (χ1) is 14.5. The van der Waals surface area contributed by atoms with Gasteiger partial charge in [-0.25, -0.2) is 0 Å². The number of unbranched alkanes of at least 4 members (excludes halogenated alkanes) is 1. The largest absolute Gasteiger partial charge is 0.369 e. The molecule has 4 rings (SSSR count). The van der Waals surface area contributed by atoms with Gasteiger partial charge in [0.05, 0.1) is 11.1 Å². The SMILES string of the molecule is CCCCn1c(C)c2c(c1C)C(=O)N(CCN1CCN(c3ccccc3)CC1)C2=O. The minimum Gasteiger partial charge on any atom is -0.369 e. The van der Waals surface area contributed by atoms with E-state index in [1.165, 1.54) is 10.6 Å². The number of aromatic nitrogens is 1. The molecule has 6 nitrogen and oxygen atoms in total. The van der Waals surface area contributed by atoms with Crippen LogP contribution in [0.4, 0.5) is 5.69 Å². The van der Waals surface area contributed by atoms with Gasteiger partial charge in [0.15, 0.2) is 0 Å². The van der Waals surface area contributed by atoms with Gasteiger partial charge in [-0.15, -0.1) is 0 Å². The van der Waals surface area contributed by atoms with Gasteiger partial charge in [0.25, 0.3) is 11.8 Å². The number of piperazine rings is 1. The third kappa shape index (κ3) is 3.65. The Morgan fingerprint density at radius 1 is 0.800 bits per heavy atom. The van der Waals surface area contributed by atoms with Gasteiger partial charge in [-0.2, -0.15) is 0 Å². The molecule has 0 radical (unpaired) electrons. The molecule has 160 valence electrons. The van der Waals surface area contributed by atoms with E-state index < -0.39 is 0 Å². The minimum absolute atomic E-state index is 0.117. The van der Waals surface area contributed by atoms with Crippen LogP contribution < -0.4 is 4.90 Å². The topological polar surface area (TPSA) is 48.8 Å². The number of rotatable bonds is 7. The van der Waals surface area contributed by atoms with E-state index in [-0.39, 0.29) is 11.8 Å². The summed E-state index contributed by atoms with van der Waals surface area (Å²) >= 11 is 0. The van der Waals surface area contributed by atoms with Crippen LogP contribution in [0.2, 0.25) is 0 Å². The van der Waals surface area contributed by atoms with Crippen molar-refractivity contribution in [1.29, 1.82) is 0 Å². The van der Waals surface area contributed by atoms with Crippen LogP contribution in [0.25, 0.3) is 0 Å². The second-order valence-electron chi connectivity index (χ2n) is 8.35. The molecular formula is C24H32N4O2. The summed E-state index contributed by atoms with van der Waals surface area (Å²) in [4.78, 5) is 32.3. The Morgan fingerprint density at radius 3 is 1.97 bits per heavy atom. The van der Waals surface area contributed by atoms with Crippen LogP contribution >= 0.6 is 0 Å². The maximum Gasteiger partial charge on any atom is 0.263 e. The third-order valence-electron chi connectivity index (χ3n) is 6.57. The molecule has 2 aromatic rings. The quantitative estimate of drug-likeness (QED) is 0.660. The Hall–Kier alpha value is -2.60. The highest BCUT2D eigenvalue weighted by Gasteiger charge is 2.41. The second-order valence-corrected chi connectivity index (χ2v) is 8.35. The molecular weight excluding hydrogens is 376 g/mol. The molecule has 1 aromatic carbocycles. The first-order valence-electron chi connectivity index (χ1n) is 11.1. The number of carbonyl (C=O) groups excluding carboxylic acids is 2. The molecule has 30 heavy (non-hydrogen) atoms. The number of amides is 2. The van der Waals surface area contributed by atoms with Crippen molar-refractivity contribution in [2.75, 3.05) is 44.2 Å². The smallest absolute Gasteiger partial charge is 0.263 e. The van der Waals surface area contributed by atoms with Crippen LogP contribution in [0.15, 0.2) is 30.3 Å². The molecule has 2 aliphatic heterocycles. The summed E-state index contributed by atoms with van der Waals surface area (Å²) in [6.07, 6.45) is 2.14. The third-order valence-corrected chi connectivity index (χ3v) is 6.57. The molecule has 0 saturated carbocycles. The number of benzene rings is 1. The van der Waals surface area contributed by atoms with Crippen molar-refractivity contribution in [2.45, 2.75) is 40.2 Å². The summed E-state index contributed by atoms with van der Waals surface area (Å²) in [6, 6.07) is 10.5. The number of hydrogen-bond donors (Lipinski definition) is 0. The lowest BCUT2D eigenvalue weighted by Gasteiger charge is -2.36. The zero-order valence-corrected chi connectivity index (χ0v) is 18.4. The second kappa shape index (κ2) is 8.64. The summed E-state index contributed by atoms with van der Waals surface area (Å²) in [5.74, 6) is -0.234. The van der Waals surface area contributed by atoms with Gasteiger partial charge in [0.2, 0.25) is 0 Å². The van der Waals surface area contributed by atoms with Crippen LogP contribution in [0, 0.1) is 13.8 Å². The zero-order chi connectivity index (χ0) is 21.3. The number of nitrogens with zero attached hydrogens (tertiary/aromatic N) is 4. The highest BCUT2D eigenvalue weighted by Crippen LogP contribution is 2.31. The average molecular weight is 409 g/mol. The normalized spacial score (nSPS) is 17.2. The van der Waals surface area contributed by atoms with E-state index in [2.05, 4.69) is 45.6 Å². The monoisotopic (exact) mass is 408 g/mol. The van der Waals surface area contributed by atoms with Crippen molar-refractivity contribution >= 4 is 17.5 Å². The van der Waals surface area contributed by atoms with E-state index in [4.69, 9.17) is 0 Å². The summed E-state index contributed by atoms with van der Waals surface area (Å²) in [6.45, 7) is 12.0. The number of hydrogen-bond acceptors (Lipinski definition) is 4. The number of imide groups is 1. The number of carbonyl (C=O) groups is 2. The molecule has 2 aliphatic rings. The molecule has 2 amide bonds. The van der Waals surface area contributed by atoms with Crippen LogP contribution in [-0.2, 0) is 6.54 Å². The van der Waals surface area contributed by atoms with Crippen LogP contribution in [0.3, 0.4) is 0 Å². The Kier molecular flexibility index (Phi) is 5.95. The van der Waals surface area contributed by atoms with Gasteiger partial charge in [-0.05, 0) is 32.4 Å². The highest BCUT2D eigenvalue weighted by molar-refractivity contribution is 6.22. The first kappa shape index (κ1) is 20.7. The molecule has 6 heteroatoms. The van der Waals surface area contributed by atoms with Crippen LogP contribution in [0.5, 0.6) is 0 Å². The fourth-order valence-electron chi connectivity index (χ4n) is 4.73. The minimum atomic E-state index is -0.117. The van der Waals surface area contributed by atoms with E-state index in [9.17, 15) is 9.59 Å². The molecule has 1 aromatic heterocycles. The van der Waals surface area contributed by atoms with Crippen LogP contribution in [-0.4, -0.2) is 65.4 Å². The van der Waals surface area contributed by atoms with Crippen LogP contribution in [0.1, 0.15) is 51.9 Å².